The molecule has 0 aliphatic carbocycles. The van der Waals surface area contributed by atoms with Gasteiger partial charge >= 0.3 is 0 Å². The van der Waals surface area contributed by atoms with E-state index in [1.807, 2.05) is 39.8 Å². The molecule has 0 aliphatic rings. The normalized spacial score (nSPS) is 11.3. The minimum absolute atomic E-state index is 0.747. The van der Waals surface area contributed by atoms with Crippen LogP contribution in [0.25, 0.3) is 5.65 Å². The average Bonchev–Trinajstić information content (AvgIpc) is 3.04. The largest absolute Gasteiger partial charge is 0.307 e. The molecule has 3 aromatic rings. The van der Waals surface area contributed by atoms with Crippen molar-refractivity contribution in [2.75, 3.05) is 0 Å². The van der Waals surface area contributed by atoms with E-state index in [2.05, 4.69) is 44.4 Å². The van der Waals surface area contributed by atoms with Gasteiger partial charge in [-0.05, 0) is 19.1 Å². The number of nitrogens with zero attached hydrogens (tertiary/aromatic N) is 4. The van der Waals surface area contributed by atoms with E-state index in [9.17, 15) is 0 Å². The number of imidazole rings is 1. The van der Waals surface area contributed by atoms with Crippen molar-refractivity contribution < 1.29 is 0 Å². The summed E-state index contributed by atoms with van der Waals surface area (Å²) in [6, 6.07) is 4.01. The lowest BCUT2D eigenvalue weighted by molar-refractivity contribution is 0.654. The van der Waals surface area contributed by atoms with Crippen molar-refractivity contribution in [1.82, 2.24) is 24.5 Å². The Kier molecular flexibility index (Phi) is 3.84. The summed E-state index contributed by atoms with van der Waals surface area (Å²) in [5.74, 6) is 0. The smallest absolute Gasteiger partial charge is 0.138 e. The lowest BCUT2D eigenvalue weighted by atomic mass is 10.3. The zero-order chi connectivity index (χ0) is 13.9. The molecule has 0 saturated heterocycles. The molecular formula is C14H16BrN5. The van der Waals surface area contributed by atoms with Gasteiger partial charge in [0.15, 0.2) is 0 Å². The Bertz CT molecular complexity index is 715. The van der Waals surface area contributed by atoms with Crippen molar-refractivity contribution in [3.8, 4) is 0 Å². The molecule has 0 unspecified atom stereocenters. The van der Waals surface area contributed by atoms with Gasteiger partial charge in [0.25, 0.3) is 0 Å². The minimum Gasteiger partial charge on any atom is -0.307 e. The van der Waals surface area contributed by atoms with Crippen molar-refractivity contribution in [3.63, 3.8) is 0 Å². The van der Waals surface area contributed by atoms with E-state index in [-0.39, 0.29) is 0 Å². The third-order valence-electron chi connectivity index (χ3n) is 3.12. The number of fused-ring (bicyclic) bond motifs is 1. The van der Waals surface area contributed by atoms with Crippen molar-refractivity contribution in [3.05, 3.63) is 52.7 Å². The number of aromatic nitrogens is 4. The van der Waals surface area contributed by atoms with Gasteiger partial charge in [-0.1, -0.05) is 15.9 Å². The van der Waals surface area contributed by atoms with Crippen LogP contribution in [0.5, 0.6) is 0 Å². The van der Waals surface area contributed by atoms with E-state index in [0.29, 0.717) is 0 Å². The summed E-state index contributed by atoms with van der Waals surface area (Å²) in [7, 11) is 0. The highest BCUT2D eigenvalue weighted by molar-refractivity contribution is 9.10. The lowest BCUT2D eigenvalue weighted by Crippen LogP contribution is -2.12. The van der Waals surface area contributed by atoms with Gasteiger partial charge in [0.1, 0.15) is 5.65 Å². The van der Waals surface area contributed by atoms with Gasteiger partial charge in [0.05, 0.1) is 11.9 Å². The highest BCUT2D eigenvalue weighted by Gasteiger charge is 2.02. The van der Waals surface area contributed by atoms with Crippen LogP contribution >= 0.6 is 15.9 Å². The van der Waals surface area contributed by atoms with Crippen LogP contribution in [0.15, 0.2) is 41.4 Å². The van der Waals surface area contributed by atoms with E-state index in [4.69, 9.17) is 0 Å². The number of rotatable bonds is 5. The van der Waals surface area contributed by atoms with Gasteiger partial charge in [-0.3, -0.25) is 4.68 Å². The molecule has 104 valence electrons. The molecular weight excluding hydrogens is 318 g/mol. The Morgan fingerprint density at radius 3 is 3.00 bits per heavy atom. The molecule has 0 fully saturated rings. The standard InChI is InChI=1S/C14H16BrN5/c1-2-20-9-11(7-17-20)6-16-8-13-10-19-4-3-12(15)5-14(19)18-13/h3-5,7,9-10,16H,2,6,8H2,1H3. The first kappa shape index (κ1) is 13.3. The first-order valence-corrected chi connectivity index (χ1v) is 7.39. The molecule has 0 aliphatic heterocycles. The van der Waals surface area contributed by atoms with Gasteiger partial charge in [-0.25, -0.2) is 4.98 Å². The second kappa shape index (κ2) is 5.76. The van der Waals surface area contributed by atoms with Crippen LogP contribution in [-0.4, -0.2) is 19.2 Å². The molecule has 0 amide bonds. The summed E-state index contributed by atoms with van der Waals surface area (Å²) < 4.78 is 5.00. The molecule has 20 heavy (non-hydrogen) atoms. The molecule has 0 radical (unpaired) electrons. The number of hydrogen-bond acceptors (Lipinski definition) is 3. The fourth-order valence-corrected chi connectivity index (χ4v) is 2.42. The summed E-state index contributed by atoms with van der Waals surface area (Å²) >= 11 is 3.46. The molecule has 3 rings (SSSR count). The number of nitrogens with one attached hydrogen (secondary N) is 1. The first-order valence-electron chi connectivity index (χ1n) is 6.60. The van der Waals surface area contributed by atoms with Gasteiger partial charge < -0.3 is 9.72 Å². The molecule has 6 heteroatoms. The van der Waals surface area contributed by atoms with Crippen molar-refractivity contribution in [2.45, 2.75) is 26.6 Å². The predicted octanol–water partition coefficient (Wildman–Crippen LogP) is 2.60. The predicted molar refractivity (Wildman–Crippen MR) is 81.3 cm³/mol. The Morgan fingerprint density at radius 1 is 1.30 bits per heavy atom. The quantitative estimate of drug-likeness (QED) is 0.780. The monoisotopic (exact) mass is 333 g/mol. The van der Waals surface area contributed by atoms with Crippen molar-refractivity contribution in [1.29, 1.82) is 0 Å². The van der Waals surface area contributed by atoms with Crippen LogP contribution in [0.4, 0.5) is 0 Å². The zero-order valence-electron chi connectivity index (χ0n) is 11.3. The summed E-state index contributed by atoms with van der Waals surface area (Å²) in [5, 5.41) is 7.65. The number of aryl methyl sites for hydroxylation is 1. The fraction of sp³-hybridized carbons (Fsp3) is 0.286. The summed E-state index contributed by atoms with van der Waals surface area (Å²) in [5.41, 5.74) is 3.18. The third-order valence-corrected chi connectivity index (χ3v) is 3.61. The summed E-state index contributed by atoms with van der Waals surface area (Å²) in [6.45, 7) is 4.54. The van der Waals surface area contributed by atoms with E-state index < -0.39 is 0 Å². The summed E-state index contributed by atoms with van der Waals surface area (Å²) in [4.78, 5) is 4.58. The Labute approximate surface area is 125 Å². The molecule has 1 N–H and O–H groups in total. The molecule has 3 aromatic heterocycles. The average molecular weight is 334 g/mol. The molecule has 5 nitrogen and oxygen atoms in total. The first-order chi connectivity index (χ1) is 9.74. The molecule has 3 heterocycles. The minimum atomic E-state index is 0.747. The SMILES string of the molecule is CCn1cc(CNCc2cn3ccc(Br)cc3n2)cn1. The van der Waals surface area contributed by atoms with Crippen molar-refractivity contribution >= 4 is 21.6 Å². The van der Waals surface area contributed by atoms with Crippen LogP contribution < -0.4 is 5.32 Å². The molecule has 0 bridgehead atoms. The summed E-state index contributed by atoms with van der Waals surface area (Å²) in [6.07, 6.45) is 8.01. The topological polar surface area (TPSA) is 47.2 Å². The number of hydrogen-bond donors (Lipinski definition) is 1. The molecule has 0 aromatic carbocycles. The second-order valence-electron chi connectivity index (χ2n) is 4.65. The Morgan fingerprint density at radius 2 is 2.20 bits per heavy atom. The Hall–Kier alpha value is -1.66. The highest BCUT2D eigenvalue weighted by Crippen LogP contribution is 2.13. The van der Waals surface area contributed by atoms with Crippen LogP contribution in [0.3, 0.4) is 0 Å². The molecule has 0 atom stereocenters. The maximum Gasteiger partial charge on any atom is 0.138 e. The van der Waals surface area contributed by atoms with Crippen LogP contribution in [0.2, 0.25) is 0 Å². The number of pyridine rings is 1. The maximum absolute atomic E-state index is 4.58. The Balaban J connectivity index is 1.62. The van der Waals surface area contributed by atoms with Gasteiger partial charge in [-0.15, -0.1) is 0 Å². The highest BCUT2D eigenvalue weighted by atomic mass is 79.9. The second-order valence-corrected chi connectivity index (χ2v) is 5.57. The van der Waals surface area contributed by atoms with E-state index >= 15 is 0 Å². The van der Waals surface area contributed by atoms with E-state index in [0.717, 1.165) is 35.4 Å². The maximum atomic E-state index is 4.58. The third kappa shape index (κ3) is 2.91. The van der Waals surface area contributed by atoms with Crippen molar-refractivity contribution in [2.24, 2.45) is 0 Å². The molecule has 0 saturated carbocycles. The van der Waals surface area contributed by atoms with Crippen LogP contribution in [0.1, 0.15) is 18.2 Å². The van der Waals surface area contributed by atoms with Crippen LogP contribution in [0, 0.1) is 0 Å². The van der Waals surface area contributed by atoms with Gasteiger partial charge in [0.2, 0.25) is 0 Å². The zero-order valence-corrected chi connectivity index (χ0v) is 12.8. The van der Waals surface area contributed by atoms with Gasteiger partial charge in [-0.2, -0.15) is 5.10 Å². The van der Waals surface area contributed by atoms with Crippen LogP contribution in [-0.2, 0) is 19.6 Å². The van der Waals surface area contributed by atoms with Gasteiger partial charge in [0, 0.05) is 48.3 Å². The van der Waals surface area contributed by atoms with E-state index in [1.165, 1.54) is 5.56 Å². The molecule has 0 spiro atoms. The fourth-order valence-electron chi connectivity index (χ4n) is 2.10. The van der Waals surface area contributed by atoms with E-state index in [1.54, 1.807) is 0 Å². The lowest BCUT2D eigenvalue weighted by Gasteiger charge is -1.99. The number of halogens is 1.